The number of thioether (sulfide) groups is 1. The third-order valence-electron chi connectivity index (χ3n) is 3.29. The summed E-state index contributed by atoms with van der Waals surface area (Å²) >= 11 is 1.60. The number of fused-ring (bicyclic) bond motifs is 1. The van der Waals surface area contributed by atoms with Crippen LogP contribution in [-0.4, -0.2) is 44.0 Å². The molecular formula is C15H20N2O5S. The van der Waals surface area contributed by atoms with Crippen molar-refractivity contribution in [2.75, 3.05) is 25.9 Å². The second-order valence-electron chi connectivity index (χ2n) is 4.87. The second kappa shape index (κ2) is 8.52. The van der Waals surface area contributed by atoms with Crippen molar-refractivity contribution in [1.29, 1.82) is 0 Å². The van der Waals surface area contributed by atoms with Crippen molar-refractivity contribution >= 4 is 23.8 Å². The molecule has 2 amide bonds. The maximum Gasteiger partial charge on any atom is 0.328 e. The molecule has 1 aromatic carbocycles. The number of ether oxygens (including phenoxy) is 3. The van der Waals surface area contributed by atoms with Crippen LogP contribution in [0.2, 0.25) is 0 Å². The molecule has 0 saturated heterocycles. The topological polar surface area (TPSA) is 85.9 Å². The number of rotatable bonds is 7. The van der Waals surface area contributed by atoms with Crippen LogP contribution in [0.4, 0.5) is 4.79 Å². The van der Waals surface area contributed by atoms with Crippen molar-refractivity contribution < 1.29 is 23.8 Å². The summed E-state index contributed by atoms with van der Waals surface area (Å²) in [6, 6.07) is 4.39. The zero-order valence-corrected chi connectivity index (χ0v) is 13.9. The van der Waals surface area contributed by atoms with E-state index >= 15 is 0 Å². The smallest absolute Gasteiger partial charge is 0.328 e. The first-order chi connectivity index (χ1) is 11.1. The number of urea groups is 1. The lowest BCUT2D eigenvalue weighted by Gasteiger charge is -2.16. The number of amides is 2. The van der Waals surface area contributed by atoms with E-state index in [4.69, 9.17) is 14.2 Å². The number of esters is 1. The highest BCUT2D eigenvalue weighted by molar-refractivity contribution is 7.98. The summed E-state index contributed by atoms with van der Waals surface area (Å²) in [5, 5.41) is 5.35. The van der Waals surface area contributed by atoms with Gasteiger partial charge in [-0.2, -0.15) is 11.8 Å². The van der Waals surface area contributed by atoms with Gasteiger partial charge in [0.1, 0.15) is 6.04 Å². The summed E-state index contributed by atoms with van der Waals surface area (Å²) in [6.07, 6.45) is 2.46. The van der Waals surface area contributed by atoms with Crippen molar-refractivity contribution in [3.05, 3.63) is 23.8 Å². The molecule has 8 heteroatoms. The summed E-state index contributed by atoms with van der Waals surface area (Å²) in [5.41, 5.74) is 0.878. The standard InChI is InChI=1S/C15H20N2O5S/c1-20-14(18)11(5-6-23-2)17-15(19)16-8-10-3-4-12-13(7-10)22-9-21-12/h3-4,7,11H,5-6,8-9H2,1-2H3,(H2,16,17,19). The molecule has 23 heavy (non-hydrogen) atoms. The van der Waals surface area contributed by atoms with E-state index in [0.717, 1.165) is 11.3 Å². The van der Waals surface area contributed by atoms with Gasteiger partial charge >= 0.3 is 12.0 Å². The van der Waals surface area contributed by atoms with Crippen molar-refractivity contribution in [1.82, 2.24) is 10.6 Å². The summed E-state index contributed by atoms with van der Waals surface area (Å²) in [7, 11) is 1.31. The van der Waals surface area contributed by atoms with E-state index in [-0.39, 0.29) is 6.79 Å². The van der Waals surface area contributed by atoms with Crippen molar-refractivity contribution in [2.45, 2.75) is 19.0 Å². The second-order valence-corrected chi connectivity index (χ2v) is 5.86. The fourth-order valence-electron chi connectivity index (χ4n) is 2.07. The molecule has 0 radical (unpaired) electrons. The highest BCUT2D eigenvalue weighted by Crippen LogP contribution is 2.32. The Hall–Kier alpha value is -2.09. The summed E-state index contributed by atoms with van der Waals surface area (Å²) in [6.45, 7) is 0.530. The van der Waals surface area contributed by atoms with Crippen molar-refractivity contribution in [2.24, 2.45) is 0 Å². The number of hydrogen-bond acceptors (Lipinski definition) is 6. The molecule has 1 aromatic rings. The van der Waals surface area contributed by atoms with Crippen molar-refractivity contribution in [3.63, 3.8) is 0 Å². The number of carbonyl (C=O) groups excluding carboxylic acids is 2. The molecule has 1 aliphatic heterocycles. The number of carbonyl (C=O) groups is 2. The first-order valence-corrected chi connectivity index (χ1v) is 8.53. The normalized spacial score (nSPS) is 13.3. The first kappa shape index (κ1) is 17.3. The minimum Gasteiger partial charge on any atom is -0.467 e. The molecule has 0 bridgehead atoms. The molecule has 2 rings (SSSR count). The minimum absolute atomic E-state index is 0.211. The van der Waals surface area contributed by atoms with E-state index in [1.165, 1.54) is 7.11 Å². The van der Waals surface area contributed by atoms with Crippen LogP contribution in [0, 0.1) is 0 Å². The molecular weight excluding hydrogens is 320 g/mol. The predicted molar refractivity (Wildman–Crippen MR) is 86.7 cm³/mol. The van der Waals surface area contributed by atoms with E-state index in [1.54, 1.807) is 17.8 Å². The Balaban J connectivity index is 1.84. The molecule has 7 nitrogen and oxygen atoms in total. The van der Waals surface area contributed by atoms with E-state index in [1.807, 2.05) is 18.4 Å². The Morgan fingerprint density at radius 2 is 2.13 bits per heavy atom. The Labute approximate surface area is 139 Å². The van der Waals surface area contributed by atoms with E-state index < -0.39 is 18.0 Å². The van der Waals surface area contributed by atoms with Gasteiger partial charge in [0.2, 0.25) is 6.79 Å². The highest BCUT2D eigenvalue weighted by Gasteiger charge is 2.21. The number of benzene rings is 1. The molecule has 1 atom stereocenters. The van der Waals surface area contributed by atoms with Crippen LogP contribution in [0.3, 0.4) is 0 Å². The van der Waals surface area contributed by atoms with Gasteiger partial charge in [0.15, 0.2) is 11.5 Å². The van der Waals surface area contributed by atoms with Gasteiger partial charge in [-0.15, -0.1) is 0 Å². The monoisotopic (exact) mass is 340 g/mol. The number of methoxy groups -OCH3 is 1. The van der Waals surface area contributed by atoms with Crippen LogP contribution >= 0.6 is 11.8 Å². The maximum absolute atomic E-state index is 12.0. The molecule has 126 valence electrons. The van der Waals surface area contributed by atoms with Gasteiger partial charge in [0.05, 0.1) is 7.11 Å². The lowest BCUT2D eigenvalue weighted by molar-refractivity contribution is -0.142. The molecule has 2 N–H and O–H groups in total. The Morgan fingerprint density at radius 1 is 1.35 bits per heavy atom. The van der Waals surface area contributed by atoms with Crippen LogP contribution in [0.25, 0.3) is 0 Å². The SMILES string of the molecule is COC(=O)C(CCSC)NC(=O)NCc1ccc2c(c1)OCO2. The average molecular weight is 340 g/mol. The lowest BCUT2D eigenvalue weighted by atomic mass is 10.2. The quantitative estimate of drug-likeness (QED) is 0.732. The largest absolute Gasteiger partial charge is 0.467 e. The maximum atomic E-state index is 12.0. The number of hydrogen-bond donors (Lipinski definition) is 2. The highest BCUT2D eigenvalue weighted by atomic mass is 32.2. The first-order valence-electron chi connectivity index (χ1n) is 7.13. The minimum atomic E-state index is -0.649. The summed E-state index contributed by atoms with van der Waals surface area (Å²) in [4.78, 5) is 23.6. The third-order valence-corrected chi connectivity index (χ3v) is 3.94. The molecule has 0 aromatic heterocycles. The zero-order valence-electron chi connectivity index (χ0n) is 13.1. The van der Waals surface area contributed by atoms with E-state index in [0.29, 0.717) is 24.5 Å². The molecule has 1 aliphatic rings. The average Bonchev–Trinajstić information content (AvgIpc) is 3.03. The zero-order chi connectivity index (χ0) is 16.7. The predicted octanol–water partition coefficient (Wildman–Crippen LogP) is 1.51. The molecule has 1 unspecified atom stereocenters. The van der Waals surface area contributed by atoms with Crippen LogP contribution in [0.15, 0.2) is 18.2 Å². The molecule has 0 aliphatic carbocycles. The van der Waals surface area contributed by atoms with Gasteiger partial charge in [-0.05, 0) is 36.1 Å². The molecule has 0 spiro atoms. The van der Waals surface area contributed by atoms with E-state index in [2.05, 4.69) is 10.6 Å². The third kappa shape index (κ3) is 4.95. The summed E-state index contributed by atoms with van der Waals surface area (Å²) in [5.74, 6) is 1.66. The van der Waals surface area contributed by atoms with Gasteiger partial charge in [-0.25, -0.2) is 9.59 Å². The fraction of sp³-hybridized carbons (Fsp3) is 0.467. The van der Waals surface area contributed by atoms with Crippen LogP contribution in [-0.2, 0) is 16.1 Å². The van der Waals surface area contributed by atoms with Crippen LogP contribution in [0.1, 0.15) is 12.0 Å². The van der Waals surface area contributed by atoms with Gasteiger partial charge < -0.3 is 24.8 Å². The van der Waals surface area contributed by atoms with Gasteiger partial charge in [0.25, 0.3) is 0 Å². The number of nitrogens with one attached hydrogen (secondary N) is 2. The van der Waals surface area contributed by atoms with E-state index in [9.17, 15) is 9.59 Å². The Bertz CT molecular complexity index is 567. The van der Waals surface area contributed by atoms with Gasteiger partial charge in [0, 0.05) is 6.54 Å². The van der Waals surface area contributed by atoms with Crippen LogP contribution < -0.4 is 20.1 Å². The Morgan fingerprint density at radius 3 is 2.87 bits per heavy atom. The molecule has 1 heterocycles. The molecule has 0 fully saturated rings. The fourth-order valence-corrected chi connectivity index (χ4v) is 2.54. The lowest BCUT2D eigenvalue weighted by Crippen LogP contribution is -2.46. The molecule has 0 saturated carbocycles. The van der Waals surface area contributed by atoms with Gasteiger partial charge in [-0.3, -0.25) is 0 Å². The van der Waals surface area contributed by atoms with Crippen molar-refractivity contribution in [3.8, 4) is 11.5 Å². The van der Waals surface area contributed by atoms with Gasteiger partial charge in [-0.1, -0.05) is 6.07 Å². The van der Waals surface area contributed by atoms with Crippen LogP contribution in [0.5, 0.6) is 11.5 Å². The Kier molecular flexibility index (Phi) is 6.40. The summed E-state index contributed by atoms with van der Waals surface area (Å²) < 4.78 is 15.2.